The van der Waals surface area contributed by atoms with Crippen LogP contribution < -0.4 is 15.2 Å². The average molecular weight is 292 g/mol. The zero-order chi connectivity index (χ0) is 15.5. The first-order valence-corrected chi connectivity index (χ1v) is 7.23. The summed E-state index contributed by atoms with van der Waals surface area (Å²) in [4.78, 5) is 14.1. The van der Waals surface area contributed by atoms with E-state index in [4.69, 9.17) is 15.2 Å². The van der Waals surface area contributed by atoms with E-state index < -0.39 is 0 Å². The van der Waals surface area contributed by atoms with Gasteiger partial charge in [-0.05, 0) is 24.0 Å². The fourth-order valence-corrected chi connectivity index (χ4v) is 2.56. The molecular formula is C16H24N2O3. The van der Waals surface area contributed by atoms with Crippen LogP contribution in [0.15, 0.2) is 24.3 Å². The molecule has 1 aromatic rings. The van der Waals surface area contributed by atoms with Crippen molar-refractivity contribution in [3.63, 3.8) is 0 Å². The van der Waals surface area contributed by atoms with Gasteiger partial charge >= 0.3 is 0 Å². The number of rotatable bonds is 4. The molecular weight excluding hydrogens is 268 g/mol. The Morgan fingerprint density at radius 3 is 2.67 bits per heavy atom. The third-order valence-electron chi connectivity index (χ3n) is 4.09. The molecule has 1 atom stereocenters. The molecule has 0 aromatic heterocycles. The number of carbonyl (C=O) groups excluding carboxylic acids is 1. The Kier molecular flexibility index (Phi) is 4.73. The molecule has 0 saturated carbocycles. The lowest BCUT2D eigenvalue weighted by atomic mass is 9.80. The highest BCUT2D eigenvalue weighted by Gasteiger charge is 2.35. The average Bonchev–Trinajstić information content (AvgIpc) is 2.47. The number of para-hydroxylation sites is 2. The van der Waals surface area contributed by atoms with Gasteiger partial charge < -0.3 is 20.1 Å². The molecule has 5 heteroatoms. The van der Waals surface area contributed by atoms with E-state index >= 15 is 0 Å². The standard InChI is InChI=1S/C16H24N2O3/c1-16(2)11-18(9-8-14(16)17)15(19)10-21-13-7-5-4-6-12(13)20-3/h4-7,14H,8-11,17H2,1-3H3. The Balaban J connectivity index is 1.93. The van der Waals surface area contributed by atoms with Crippen LogP contribution in [0.3, 0.4) is 0 Å². The Morgan fingerprint density at radius 2 is 2.05 bits per heavy atom. The molecule has 2 rings (SSSR count). The van der Waals surface area contributed by atoms with Crippen molar-refractivity contribution in [2.24, 2.45) is 11.1 Å². The minimum atomic E-state index is -0.0572. The lowest BCUT2D eigenvalue weighted by Crippen LogP contribution is -2.54. The quantitative estimate of drug-likeness (QED) is 0.916. The second-order valence-corrected chi connectivity index (χ2v) is 6.14. The number of ether oxygens (including phenoxy) is 2. The van der Waals surface area contributed by atoms with E-state index in [2.05, 4.69) is 13.8 Å². The second-order valence-electron chi connectivity index (χ2n) is 6.14. The number of likely N-dealkylation sites (tertiary alicyclic amines) is 1. The summed E-state index contributed by atoms with van der Waals surface area (Å²) in [6.45, 7) is 5.57. The second kappa shape index (κ2) is 6.35. The zero-order valence-corrected chi connectivity index (χ0v) is 13.0. The summed E-state index contributed by atoms with van der Waals surface area (Å²) in [6, 6.07) is 7.45. The summed E-state index contributed by atoms with van der Waals surface area (Å²) in [7, 11) is 1.58. The van der Waals surface area contributed by atoms with Gasteiger partial charge in [0.15, 0.2) is 18.1 Å². The van der Waals surface area contributed by atoms with Crippen LogP contribution in [0.1, 0.15) is 20.3 Å². The van der Waals surface area contributed by atoms with E-state index in [0.29, 0.717) is 24.6 Å². The van der Waals surface area contributed by atoms with Gasteiger partial charge in [0.25, 0.3) is 5.91 Å². The van der Waals surface area contributed by atoms with Crippen molar-refractivity contribution < 1.29 is 14.3 Å². The molecule has 1 saturated heterocycles. The van der Waals surface area contributed by atoms with Crippen LogP contribution in [0, 0.1) is 5.41 Å². The zero-order valence-electron chi connectivity index (χ0n) is 13.0. The normalized spacial score (nSPS) is 21.0. The van der Waals surface area contributed by atoms with E-state index in [1.54, 1.807) is 13.2 Å². The van der Waals surface area contributed by atoms with Gasteiger partial charge in [-0.1, -0.05) is 26.0 Å². The smallest absolute Gasteiger partial charge is 0.260 e. The molecule has 1 amide bonds. The van der Waals surface area contributed by atoms with Gasteiger partial charge in [-0.3, -0.25) is 4.79 Å². The number of piperidine rings is 1. The van der Waals surface area contributed by atoms with E-state index in [1.165, 1.54) is 0 Å². The van der Waals surface area contributed by atoms with Crippen LogP contribution in [0.2, 0.25) is 0 Å². The highest BCUT2D eigenvalue weighted by Crippen LogP contribution is 2.28. The summed E-state index contributed by atoms with van der Waals surface area (Å²) < 4.78 is 10.8. The van der Waals surface area contributed by atoms with E-state index in [9.17, 15) is 4.79 Å². The first-order valence-electron chi connectivity index (χ1n) is 7.23. The fraction of sp³-hybridized carbons (Fsp3) is 0.562. The van der Waals surface area contributed by atoms with Crippen molar-refractivity contribution in [2.75, 3.05) is 26.8 Å². The van der Waals surface area contributed by atoms with Crippen LogP contribution in [-0.4, -0.2) is 43.7 Å². The molecule has 1 aliphatic heterocycles. The maximum absolute atomic E-state index is 12.3. The lowest BCUT2D eigenvalue weighted by molar-refractivity contribution is -0.136. The number of carbonyl (C=O) groups is 1. The highest BCUT2D eigenvalue weighted by atomic mass is 16.5. The summed E-state index contributed by atoms with van der Waals surface area (Å²) >= 11 is 0. The van der Waals surface area contributed by atoms with Crippen molar-refractivity contribution >= 4 is 5.91 Å². The third-order valence-corrected chi connectivity index (χ3v) is 4.09. The highest BCUT2D eigenvalue weighted by molar-refractivity contribution is 5.78. The Hall–Kier alpha value is -1.75. The molecule has 0 aliphatic carbocycles. The first-order chi connectivity index (χ1) is 9.94. The van der Waals surface area contributed by atoms with Crippen molar-refractivity contribution in [3.05, 3.63) is 24.3 Å². The molecule has 1 fully saturated rings. The van der Waals surface area contributed by atoms with Crippen LogP contribution >= 0.6 is 0 Å². The molecule has 21 heavy (non-hydrogen) atoms. The number of nitrogens with zero attached hydrogens (tertiary/aromatic N) is 1. The molecule has 1 aliphatic rings. The summed E-state index contributed by atoms with van der Waals surface area (Å²) in [5.74, 6) is 1.20. The van der Waals surface area contributed by atoms with Gasteiger partial charge in [-0.15, -0.1) is 0 Å². The summed E-state index contributed by atoms with van der Waals surface area (Å²) in [5, 5.41) is 0. The SMILES string of the molecule is COc1ccccc1OCC(=O)N1CCC(N)C(C)(C)C1. The van der Waals surface area contributed by atoms with Crippen molar-refractivity contribution in [1.82, 2.24) is 4.90 Å². The number of methoxy groups -OCH3 is 1. The van der Waals surface area contributed by atoms with Crippen LogP contribution in [0.25, 0.3) is 0 Å². The van der Waals surface area contributed by atoms with Crippen molar-refractivity contribution in [3.8, 4) is 11.5 Å². The molecule has 2 N–H and O–H groups in total. The molecule has 0 radical (unpaired) electrons. The number of hydrogen-bond donors (Lipinski definition) is 1. The van der Waals surface area contributed by atoms with Gasteiger partial charge in [0.2, 0.25) is 0 Å². The maximum Gasteiger partial charge on any atom is 0.260 e. The van der Waals surface area contributed by atoms with Gasteiger partial charge in [-0.2, -0.15) is 0 Å². The molecule has 1 heterocycles. The fourth-order valence-electron chi connectivity index (χ4n) is 2.56. The van der Waals surface area contributed by atoms with E-state index in [0.717, 1.165) is 6.42 Å². The van der Waals surface area contributed by atoms with Crippen LogP contribution in [0.5, 0.6) is 11.5 Å². The molecule has 1 unspecified atom stereocenters. The lowest BCUT2D eigenvalue weighted by Gasteiger charge is -2.42. The maximum atomic E-state index is 12.3. The molecule has 0 spiro atoms. The monoisotopic (exact) mass is 292 g/mol. The van der Waals surface area contributed by atoms with Crippen molar-refractivity contribution in [2.45, 2.75) is 26.3 Å². The number of nitrogens with two attached hydrogens (primary N) is 1. The van der Waals surface area contributed by atoms with Gasteiger partial charge in [0.05, 0.1) is 7.11 Å². The molecule has 1 aromatic carbocycles. The number of amides is 1. The summed E-state index contributed by atoms with van der Waals surface area (Å²) in [6.07, 6.45) is 0.827. The van der Waals surface area contributed by atoms with Gasteiger partial charge in [-0.25, -0.2) is 0 Å². The minimum absolute atomic E-state index is 0.0131. The minimum Gasteiger partial charge on any atom is -0.493 e. The summed E-state index contributed by atoms with van der Waals surface area (Å²) in [5.41, 5.74) is 6.03. The molecule has 5 nitrogen and oxygen atoms in total. The third kappa shape index (κ3) is 3.67. The van der Waals surface area contributed by atoms with E-state index in [-0.39, 0.29) is 24.0 Å². The largest absolute Gasteiger partial charge is 0.493 e. The Labute approximate surface area is 126 Å². The van der Waals surface area contributed by atoms with Crippen molar-refractivity contribution in [1.29, 1.82) is 0 Å². The predicted octanol–water partition coefficient (Wildman–Crippen LogP) is 1.66. The van der Waals surface area contributed by atoms with Gasteiger partial charge in [0.1, 0.15) is 0 Å². The molecule has 0 bridgehead atoms. The molecule has 116 valence electrons. The Morgan fingerprint density at radius 1 is 1.38 bits per heavy atom. The number of benzene rings is 1. The number of hydrogen-bond acceptors (Lipinski definition) is 4. The first kappa shape index (κ1) is 15.6. The van der Waals surface area contributed by atoms with Crippen LogP contribution in [0.4, 0.5) is 0 Å². The van der Waals surface area contributed by atoms with E-state index in [1.807, 2.05) is 23.1 Å². The Bertz CT molecular complexity index is 502. The predicted molar refractivity (Wildman–Crippen MR) is 81.4 cm³/mol. The topological polar surface area (TPSA) is 64.8 Å². The van der Waals surface area contributed by atoms with Crippen LogP contribution in [-0.2, 0) is 4.79 Å². The van der Waals surface area contributed by atoms with Gasteiger partial charge in [0, 0.05) is 19.1 Å².